The van der Waals surface area contributed by atoms with E-state index in [2.05, 4.69) is 63.0 Å². The molecule has 5 heteroatoms. The summed E-state index contributed by atoms with van der Waals surface area (Å²) in [7, 11) is 1.73. The maximum absolute atomic E-state index is 6.35. The van der Waals surface area contributed by atoms with Crippen LogP contribution in [0.3, 0.4) is 0 Å². The number of ether oxygens (including phenoxy) is 1. The van der Waals surface area contributed by atoms with Gasteiger partial charge in [-0.3, -0.25) is 0 Å². The molecular formula is C24H20Br2O3. The van der Waals surface area contributed by atoms with Crippen LogP contribution in [0.2, 0.25) is 0 Å². The molecule has 0 saturated carbocycles. The SMILES string of the molecule is COc1ccccc1[C@]1(C)CCc2oc3c(Br)cc(Br)cc3c2-c2oc(C)cc21. The Hall–Kier alpha value is -1.98. The molecule has 1 aliphatic rings. The average molecular weight is 516 g/mol. The van der Waals surface area contributed by atoms with Gasteiger partial charge in [-0.2, -0.15) is 0 Å². The van der Waals surface area contributed by atoms with Crippen LogP contribution in [-0.2, 0) is 11.8 Å². The van der Waals surface area contributed by atoms with Crippen molar-refractivity contribution in [2.45, 2.75) is 32.1 Å². The molecule has 4 aromatic rings. The van der Waals surface area contributed by atoms with Crippen molar-refractivity contribution < 1.29 is 13.6 Å². The van der Waals surface area contributed by atoms with E-state index in [0.717, 1.165) is 61.4 Å². The molecule has 29 heavy (non-hydrogen) atoms. The predicted octanol–water partition coefficient (Wildman–Crippen LogP) is 7.79. The van der Waals surface area contributed by atoms with Gasteiger partial charge in [0.05, 0.1) is 17.1 Å². The molecule has 0 spiro atoms. The van der Waals surface area contributed by atoms with Crippen LogP contribution in [0.15, 0.2) is 60.2 Å². The standard InChI is InChI=1S/C24H20Br2O3/c1-13-10-17-23(28-13)21-15-11-14(25)12-18(26)22(15)29-20(21)8-9-24(17,2)16-6-4-5-7-19(16)27-3/h4-7,10-12H,8-9H2,1-3H3/t24-/m0/s1. The number of halogens is 2. The Morgan fingerprint density at radius 1 is 1.03 bits per heavy atom. The molecule has 5 rings (SSSR count). The number of furan rings is 2. The minimum Gasteiger partial charge on any atom is -0.496 e. The molecule has 2 heterocycles. The van der Waals surface area contributed by atoms with Gasteiger partial charge < -0.3 is 13.6 Å². The zero-order chi connectivity index (χ0) is 20.3. The second-order valence-electron chi connectivity index (χ2n) is 7.80. The predicted molar refractivity (Wildman–Crippen MR) is 122 cm³/mol. The van der Waals surface area contributed by atoms with Gasteiger partial charge in [0.2, 0.25) is 0 Å². The lowest BCUT2D eigenvalue weighted by molar-refractivity contribution is 0.390. The average Bonchev–Trinajstić information content (AvgIpc) is 3.23. The van der Waals surface area contributed by atoms with E-state index in [1.807, 2.05) is 25.1 Å². The van der Waals surface area contributed by atoms with E-state index in [1.165, 1.54) is 11.1 Å². The van der Waals surface area contributed by atoms with Crippen LogP contribution in [0.25, 0.3) is 22.3 Å². The van der Waals surface area contributed by atoms with Crippen molar-refractivity contribution in [2.75, 3.05) is 7.11 Å². The van der Waals surface area contributed by atoms with E-state index in [0.29, 0.717) is 0 Å². The topological polar surface area (TPSA) is 35.5 Å². The molecule has 0 aliphatic heterocycles. The molecule has 0 radical (unpaired) electrons. The minimum atomic E-state index is -0.253. The number of hydrogen-bond donors (Lipinski definition) is 0. The van der Waals surface area contributed by atoms with Crippen molar-refractivity contribution >= 4 is 42.8 Å². The highest BCUT2D eigenvalue weighted by Gasteiger charge is 2.40. The van der Waals surface area contributed by atoms with Gasteiger partial charge in [-0.15, -0.1) is 0 Å². The van der Waals surface area contributed by atoms with Crippen molar-refractivity contribution in [2.24, 2.45) is 0 Å². The first-order valence-corrected chi connectivity index (χ1v) is 11.2. The summed E-state index contributed by atoms with van der Waals surface area (Å²) in [6.45, 7) is 4.28. The Morgan fingerprint density at radius 2 is 1.83 bits per heavy atom. The Bertz CT molecular complexity index is 1250. The van der Waals surface area contributed by atoms with Crippen molar-refractivity contribution in [3.05, 3.63) is 74.1 Å². The number of aryl methyl sites for hydroxylation is 2. The summed E-state index contributed by atoms with van der Waals surface area (Å²) in [5, 5.41) is 1.06. The summed E-state index contributed by atoms with van der Waals surface area (Å²) in [4.78, 5) is 0. The van der Waals surface area contributed by atoms with Gasteiger partial charge in [0.15, 0.2) is 0 Å². The highest BCUT2D eigenvalue weighted by Crippen LogP contribution is 2.52. The largest absolute Gasteiger partial charge is 0.496 e. The Labute approximate surface area is 186 Å². The molecule has 2 aromatic heterocycles. The van der Waals surface area contributed by atoms with Crippen LogP contribution in [0.4, 0.5) is 0 Å². The summed E-state index contributed by atoms with van der Waals surface area (Å²) in [5.74, 6) is 3.65. The normalized spacial score (nSPS) is 18.4. The number of hydrogen-bond acceptors (Lipinski definition) is 3. The molecule has 1 atom stereocenters. The van der Waals surface area contributed by atoms with Crippen LogP contribution in [0.1, 0.15) is 36.0 Å². The summed E-state index contributed by atoms with van der Waals surface area (Å²) in [6.07, 6.45) is 1.71. The first-order valence-electron chi connectivity index (χ1n) is 9.57. The van der Waals surface area contributed by atoms with Crippen molar-refractivity contribution in [3.8, 4) is 17.1 Å². The monoisotopic (exact) mass is 514 g/mol. The Kier molecular flexibility index (Phi) is 4.44. The van der Waals surface area contributed by atoms with Crippen LogP contribution in [0.5, 0.6) is 5.75 Å². The van der Waals surface area contributed by atoms with Crippen LogP contribution >= 0.6 is 31.9 Å². The van der Waals surface area contributed by atoms with Gasteiger partial charge in [0.1, 0.15) is 28.6 Å². The first kappa shape index (κ1) is 19.0. The number of fused-ring (bicyclic) bond motifs is 5. The Morgan fingerprint density at radius 3 is 2.62 bits per heavy atom. The molecule has 0 amide bonds. The van der Waals surface area contributed by atoms with Crippen LogP contribution in [-0.4, -0.2) is 7.11 Å². The molecular weight excluding hydrogens is 496 g/mol. The van der Waals surface area contributed by atoms with E-state index in [4.69, 9.17) is 13.6 Å². The second kappa shape index (κ2) is 6.78. The lowest BCUT2D eigenvalue weighted by Gasteiger charge is -2.30. The fourth-order valence-electron chi connectivity index (χ4n) is 4.59. The van der Waals surface area contributed by atoms with E-state index in [-0.39, 0.29) is 5.41 Å². The minimum absolute atomic E-state index is 0.253. The maximum atomic E-state index is 6.35. The molecule has 0 bridgehead atoms. The zero-order valence-corrected chi connectivity index (χ0v) is 19.6. The molecule has 3 nitrogen and oxygen atoms in total. The van der Waals surface area contributed by atoms with Crippen molar-refractivity contribution in [1.29, 1.82) is 0 Å². The van der Waals surface area contributed by atoms with Gasteiger partial charge in [0.25, 0.3) is 0 Å². The third kappa shape index (κ3) is 2.82. The van der Waals surface area contributed by atoms with E-state index in [1.54, 1.807) is 7.11 Å². The molecule has 0 fully saturated rings. The summed E-state index contributed by atoms with van der Waals surface area (Å²) in [6, 6.07) is 14.6. The lowest BCUT2D eigenvalue weighted by atomic mass is 9.73. The van der Waals surface area contributed by atoms with E-state index >= 15 is 0 Å². The lowest BCUT2D eigenvalue weighted by Crippen LogP contribution is -2.24. The fourth-order valence-corrected chi connectivity index (χ4v) is 5.89. The number of para-hydroxylation sites is 1. The van der Waals surface area contributed by atoms with Crippen molar-refractivity contribution in [3.63, 3.8) is 0 Å². The molecule has 0 saturated heterocycles. The summed E-state index contributed by atoms with van der Waals surface area (Å²) >= 11 is 7.27. The van der Waals surface area contributed by atoms with Crippen molar-refractivity contribution in [1.82, 2.24) is 0 Å². The summed E-state index contributed by atoms with van der Waals surface area (Å²) in [5.41, 5.74) is 4.01. The van der Waals surface area contributed by atoms with E-state index in [9.17, 15) is 0 Å². The molecule has 148 valence electrons. The number of methoxy groups -OCH3 is 1. The molecule has 0 unspecified atom stereocenters. The Balaban J connectivity index is 1.83. The molecule has 0 N–H and O–H groups in total. The van der Waals surface area contributed by atoms with Gasteiger partial charge in [0, 0.05) is 32.8 Å². The van der Waals surface area contributed by atoms with Gasteiger partial charge in [-0.25, -0.2) is 0 Å². The van der Waals surface area contributed by atoms with E-state index < -0.39 is 0 Å². The maximum Gasteiger partial charge on any atom is 0.149 e. The number of benzene rings is 2. The fraction of sp³-hybridized carbons (Fsp3) is 0.250. The third-order valence-electron chi connectivity index (χ3n) is 6.01. The number of rotatable bonds is 2. The zero-order valence-electron chi connectivity index (χ0n) is 16.4. The highest BCUT2D eigenvalue weighted by atomic mass is 79.9. The van der Waals surface area contributed by atoms with Crippen LogP contribution in [0, 0.1) is 6.92 Å². The van der Waals surface area contributed by atoms with Gasteiger partial charge in [-0.1, -0.05) is 41.1 Å². The smallest absolute Gasteiger partial charge is 0.149 e. The highest BCUT2D eigenvalue weighted by molar-refractivity contribution is 9.11. The molecule has 2 aromatic carbocycles. The van der Waals surface area contributed by atoms with Gasteiger partial charge >= 0.3 is 0 Å². The summed E-state index contributed by atoms with van der Waals surface area (Å²) < 4.78 is 20.3. The third-order valence-corrected chi connectivity index (χ3v) is 7.06. The van der Waals surface area contributed by atoms with Crippen LogP contribution < -0.4 is 4.74 Å². The second-order valence-corrected chi connectivity index (χ2v) is 9.57. The molecule has 1 aliphatic carbocycles. The quantitative estimate of drug-likeness (QED) is 0.273. The van der Waals surface area contributed by atoms with Gasteiger partial charge in [-0.05, 0) is 53.5 Å². The first-order chi connectivity index (χ1) is 13.9.